The molecule has 0 saturated carbocycles. The van der Waals surface area contributed by atoms with Crippen LogP contribution in [0, 0.1) is 11.3 Å². The van der Waals surface area contributed by atoms with E-state index < -0.39 is 29.6 Å². The molecule has 44 heavy (non-hydrogen) atoms. The van der Waals surface area contributed by atoms with Gasteiger partial charge in [-0.25, -0.2) is 9.59 Å². The van der Waals surface area contributed by atoms with Crippen molar-refractivity contribution < 1.29 is 28.7 Å². The highest BCUT2D eigenvalue weighted by atomic mass is 35.5. The van der Waals surface area contributed by atoms with Gasteiger partial charge in [0, 0.05) is 47.9 Å². The minimum absolute atomic E-state index is 0.0368. The van der Waals surface area contributed by atoms with Gasteiger partial charge in [-0.2, -0.15) is 0 Å². The molecule has 0 aromatic rings. The SMILES string of the molecule is CC1=CCC(C(C)/C=C(C)/C=C\C=C\C(=O)NC(C(=O)N/C=C\CC(C/C=C(\C)Cl)OC(=O)NC(C)C)C(C)(C)C)OC1=O. The zero-order chi connectivity index (χ0) is 33.4. The molecule has 1 aliphatic heterocycles. The van der Waals surface area contributed by atoms with Crippen LogP contribution in [0.1, 0.15) is 81.6 Å². The number of hydrogen-bond donors (Lipinski definition) is 3. The quantitative estimate of drug-likeness (QED) is 0.114. The number of carbonyl (C=O) groups is 4. The van der Waals surface area contributed by atoms with Crippen LogP contribution in [0.2, 0.25) is 0 Å². The summed E-state index contributed by atoms with van der Waals surface area (Å²) in [5.41, 5.74) is 1.03. The van der Waals surface area contributed by atoms with E-state index in [0.717, 1.165) is 5.57 Å². The van der Waals surface area contributed by atoms with Crippen molar-refractivity contribution in [2.75, 3.05) is 0 Å². The summed E-state index contributed by atoms with van der Waals surface area (Å²) in [7, 11) is 0. The lowest BCUT2D eigenvalue weighted by Crippen LogP contribution is -2.52. The van der Waals surface area contributed by atoms with E-state index >= 15 is 0 Å². The third kappa shape index (κ3) is 15.8. The Bertz CT molecular complexity index is 1190. The lowest BCUT2D eigenvalue weighted by molar-refractivity contribution is -0.147. The average molecular weight is 632 g/mol. The molecule has 0 aromatic heterocycles. The first-order valence-electron chi connectivity index (χ1n) is 15.0. The Kier molecular flexibility index (Phi) is 16.5. The van der Waals surface area contributed by atoms with Crippen LogP contribution in [0.3, 0.4) is 0 Å². The van der Waals surface area contributed by atoms with Crippen LogP contribution >= 0.6 is 11.6 Å². The summed E-state index contributed by atoms with van der Waals surface area (Å²) in [6, 6.07) is -0.871. The third-order valence-corrected chi connectivity index (χ3v) is 6.72. The molecular formula is C34H50ClN3O6. The summed E-state index contributed by atoms with van der Waals surface area (Å²) in [5, 5.41) is 8.78. The van der Waals surface area contributed by atoms with Crippen molar-refractivity contribution in [1.82, 2.24) is 16.0 Å². The lowest BCUT2D eigenvalue weighted by Gasteiger charge is -2.29. The fraction of sp³-hybridized carbons (Fsp3) is 0.529. The number of carbonyl (C=O) groups excluding carboxylic acids is 4. The molecule has 3 amide bonds. The maximum atomic E-state index is 13.0. The molecule has 0 aliphatic carbocycles. The molecule has 0 saturated heterocycles. The predicted octanol–water partition coefficient (Wildman–Crippen LogP) is 6.53. The van der Waals surface area contributed by atoms with Gasteiger partial charge in [0.25, 0.3) is 0 Å². The van der Waals surface area contributed by atoms with Crippen molar-refractivity contribution in [1.29, 1.82) is 0 Å². The second kappa shape index (κ2) is 18.9. The van der Waals surface area contributed by atoms with Gasteiger partial charge < -0.3 is 25.4 Å². The van der Waals surface area contributed by atoms with Crippen LogP contribution in [0.15, 0.2) is 71.0 Å². The standard InChI is InChI=1S/C34H50ClN3O6/c1-22(2)37-33(42)43-27(18-17-26(6)35)14-12-20-36-31(40)30(34(7,8)9)38-29(39)15-11-10-13-23(3)21-25(5)28-19-16-24(4)32(41)44-28/h10-13,15-17,20-22,25,27-28,30H,14,18-19H2,1-9H3,(H,36,40)(H,37,42)(H,38,39)/b13-10-,15-11+,20-12-,23-21+,26-17+. The van der Waals surface area contributed by atoms with E-state index in [1.165, 1.54) is 12.3 Å². The van der Waals surface area contributed by atoms with Crippen LogP contribution in [0.25, 0.3) is 0 Å². The van der Waals surface area contributed by atoms with Crippen molar-refractivity contribution in [3.05, 3.63) is 71.0 Å². The van der Waals surface area contributed by atoms with Crippen molar-refractivity contribution in [3.8, 4) is 0 Å². The Hall–Kier alpha value is -3.59. The number of halogens is 1. The zero-order valence-electron chi connectivity index (χ0n) is 27.5. The van der Waals surface area contributed by atoms with Crippen LogP contribution in [-0.4, -0.2) is 48.2 Å². The van der Waals surface area contributed by atoms with Crippen molar-refractivity contribution >= 4 is 35.5 Å². The normalized spacial score (nSPS) is 18.7. The molecule has 1 aliphatic rings. The van der Waals surface area contributed by atoms with Gasteiger partial charge in [0.15, 0.2) is 0 Å². The molecule has 1 heterocycles. The molecule has 0 bridgehead atoms. The van der Waals surface area contributed by atoms with Gasteiger partial charge in [-0.05, 0) is 46.2 Å². The maximum absolute atomic E-state index is 13.0. The molecule has 244 valence electrons. The Balaban J connectivity index is 2.73. The second-order valence-electron chi connectivity index (χ2n) is 12.4. The minimum Gasteiger partial charge on any atom is -0.458 e. The van der Waals surface area contributed by atoms with Gasteiger partial charge in [0.05, 0.1) is 0 Å². The molecule has 4 atom stereocenters. The Morgan fingerprint density at radius 3 is 2.34 bits per heavy atom. The summed E-state index contributed by atoms with van der Waals surface area (Å²) in [5.74, 6) is -1.03. The number of cyclic esters (lactones) is 1. The predicted molar refractivity (Wildman–Crippen MR) is 176 cm³/mol. The van der Waals surface area contributed by atoms with E-state index in [4.69, 9.17) is 21.1 Å². The molecule has 3 N–H and O–H groups in total. The molecule has 10 heteroatoms. The Morgan fingerprint density at radius 2 is 1.75 bits per heavy atom. The Morgan fingerprint density at radius 1 is 1.09 bits per heavy atom. The van der Waals surface area contributed by atoms with Crippen LogP contribution < -0.4 is 16.0 Å². The number of hydrogen-bond acceptors (Lipinski definition) is 6. The minimum atomic E-state index is -0.808. The molecule has 0 spiro atoms. The van der Waals surface area contributed by atoms with Gasteiger partial charge in [-0.1, -0.05) is 87.4 Å². The molecule has 1 rings (SSSR count). The van der Waals surface area contributed by atoms with Crippen LogP contribution in [0.5, 0.6) is 0 Å². The number of ether oxygens (including phenoxy) is 2. The van der Waals surface area contributed by atoms with E-state index in [1.807, 2.05) is 66.7 Å². The molecule has 0 fully saturated rings. The van der Waals surface area contributed by atoms with E-state index in [-0.39, 0.29) is 29.9 Å². The first-order chi connectivity index (χ1) is 20.5. The monoisotopic (exact) mass is 631 g/mol. The summed E-state index contributed by atoms with van der Waals surface area (Å²) < 4.78 is 11.0. The van der Waals surface area contributed by atoms with Crippen molar-refractivity contribution in [2.24, 2.45) is 11.3 Å². The molecular weight excluding hydrogens is 582 g/mol. The topological polar surface area (TPSA) is 123 Å². The molecule has 4 unspecified atom stereocenters. The number of rotatable bonds is 14. The molecule has 0 radical (unpaired) electrons. The van der Waals surface area contributed by atoms with Gasteiger partial charge in [-0.15, -0.1) is 0 Å². The lowest BCUT2D eigenvalue weighted by atomic mass is 9.86. The summed E-state index contributed by atoms with van der Waals surface area (Å²) in [4.78, 5) is 49.5. The maximum Gasteiger partial charge on any atom is 0.407 e. The number of amides is 3. The van der Waals surface area contributed by atoms with Crippen LogP contribution in [-0.2, 0) is 23.9 Å². The second-order valence-corrected chi connectivity index (χ2v) is 13.0. The zero-order valence-corrected chi connectivity index (χ0v) is 28.3. The smallest absolute Gasteiger partial charge is 0.407 e. The van der Waals surface area contributed by atoms with Crippen molar-refractivity contribution in [3.63, 3.8) is 0 Å². The third-order valence-electron chi connectivity index (χ3n) is 6.57. The number of nitrogens with one attached hydrogen (secondary N) is 3. The van der Waals surface area contributed by atoms with Gasteiger partial charge >= 0.3 is 12.1 Å². The number of allylic oxidation sites excluding steroid dienone is 5. The number of alkyl carbamates (subject to hydrolysis) is 1. The summed E-state index contributed by atoms with van der Waals surface area (Å²) >= 11 is 5.94. The fourth-order valence-electron chi connectivity index (χ4n) is 4.12. The average Bonchev–Trinajstić information content (AvgIpc) is 2.90. The first-order valence-corrected chi connectivity index (χ1v) is 15.3. The fourth-order valence-corrected chi connectivity index (χ4v) is 4.21. The number of esters is 1. The highest BCUT2D eigenvalue weighted by Crippen LogP contribution is 2.22. The largest absolute Gasteiger partial charge is 0.458 e. The van der Waals surface area contributed by atoms with Gasteiger partial charge in [-0.3, -0.25) is 9.59 Å². The van der Waals surface area contributed by atoms with Crippen molar-refractivity contribution in [2.45, 2.75) is 106 Å². The molecule has 0 aromatic carbocycles. The van der Waals surface area contributed by atoms with Crippen LogP contribution in [0.4, 0.5) is 4.79 Å². The Labute approximate surface area is 267 Å². The first kappa shape index (κ1) is 38.4. The van der Waals surface area contributed by atoms with Gasteiger partial charge in [0.1, 0.15) is 18.2 Å². The van der Waals surface area contributed by atoms with E-state index in [9.17, 15) is 19.2 Å². The van der Waals surface area contributed by atoms with E-state index in [1.54, 1.807) is 38.2 Å². The highest BCUT2D eigenvalue weighted by molar-refractivity contribution is 6.29. The summed E-state index contributed by atoms with van der Waals surface area (Å²) in [6.45, 7) is 16.7. The molecule has 9 nitrogen and oxygen atoms in total. The highest BCUT2D eigenvalue weighted by Gasteiger charge is 2.32. The van der Waals surface area contributed by atoms with E-state index in [0.29, 0.717) is 29.9 Å². The summed E-state index contributed by atoms with van der Waals surface area (Å²) in [6.07, 6.45) is 15.7. The van der Waals surface area contributed by atoms with E-state index in [2.05, 4.69) is 16.0 Å². The van der Waals surface area contributed by atoms with Gasteiger partial charge in [0.2, 0.25) is 11.8 Å².